The van der Waals surface area contributed by atoms with Crippen molar-refractivity contribution < 1.29 is 24.2 Å². The summed E-state index contributed by atoms with van der Waals surface area (Å²) in [6, 6.07) is 8.44. The van der Waals surface area contributed by atoms with Crippen molar-refractivity contribution in [3.05, 3.63) is 35.4 Å². The van der Waals surface area contributed by atoms with E-state index in [-0.39, 0.29) is 11.5 Å². The van der Waals surface area contributed by atoms with Crippen molar-refractivity contribution in [2.45, 2.75) is 13.0 Å². The zero-order valence-corrected chi connectivity index (χ0v) is 13.3. The molecule has 1 saturated heterocycles. The van der Waals surface area contributed by atoms with E-state index in [0.29, 0.717) is 37.6 Å². The number of benzene rings is 1. The topological polar surface area (TPSA) is 99.9 Å². The number of carbonyl (C=O) groups is 2. The molecule has 0 radical (unpaired) electrons. The highest BCUT2D eigenvalue weighted by atomic mass is 16.5. The van der Waals surface area contributed by atoms with Crippen LogP contribution in [0.25, 0.3) is 6.08 Å². The number of rotatable bonds is 5. The molecule has 1 atom stereocenters. The zero-order chi connectivity index (χ0) is 17.5. The first-order valence-electron chi connectivity index (χ1n) is 7.49. The Balaban J connectivity index is 2.09. The highest BCUT2D eigenvalue weighted by Crippen LogP contribution is 2.17. The molecule has 1 amide bonds. The molecular formula is C17H18N2O5. The van der Waals surface area contributed by atoms with E-state index < -0.39 is 12.1 Å². The molecule has 1 unspecified atom stereocenters. The second kappa shape index (κ2) is 8.13. The van der Waals surface area contributed by atoms with Crippen molar-refractivity contribution in [2.75, 3.05) is 26.3 Å². The summed E-state index contributed by atoms with van der Waals surface area (Å²) in [7, 11) is 0. The Morgan fingerprint density at radius 3 is 2.50 bits per heavy atom. The monoisotopic (exact) mass is 330 g/mol. The van der Waals surface area contributed by atoms with Gasteiger partial charge in [-0.2, -0.15) is 5.26 Å². The van der Waals surface area contributed by atoms with Crippen LogP contribution in [0.1, 0.15) is 12.5 Å². The summed E-state index contributed by atoms with van der Waals surface area (Å²) in [4.78, 5) is 24.7. The van der Waals surface area contributed by atoms with Crippen LogP contribution in [-0.2, 0) is 14.3 Å². The molecule has 126 valence electrons. The van der Waals surface area contributed by atoms with E-state index in [1.807, 2.05) is 6.07 Å². The number of ether oxygens (including phenoxy) is 2. The molecule has 0 aliphatic carbocycles. The summed E-state index contributed by atoms with van der Waals surface area (Å²) in [5.41, 5.74) is 0.702. The quantitative estimate of drug-likeness (QED) is 0.645. The predicted octanol–water partition coefficient (Wildman–Crippen LogP) is 1.30. The van der Waals surface area contributed by atoms with Gasteiger partial charge in [0.05, 0.1) is 13.2 Å². The third kappa shape index (κ3) is 4.57. The molecule has 7 nitrogen and oxygen atoms in total. The van der Waals surface area contributed by atoms with Crippen LogP contribution in [-0.4, -0.2) is 54.3 Å². The van der Waals surface area contributed by atoms with Crippen molar-refractivity contribution in [3.63, 3.8) is 0 Å². The zero-order valence-electron chi connectivity index (χ0n) is 13.3. The Kier molecular flexibility index (Phi) is 5.93. The third-order valence-electron chi connectivity index (χ3n) is 3.50. The minimum absolute atomic E-state index is 0.0458. The molecule has 24 heavy (non-hydrogen) atoms. The Morgan fingerprint density at radius 2 is 1.96 bits per heavy atom. The minimum Gasteiger partial charge on any atom is -0.479 e. The maximum atomic E-state index is 12.3. The van der Waals surface area contributed by atoms with Gasteiger partial charge in [0.15, 0.2) is 6.10 Å². The van der Waals surface area contributed by atoms with Gasteiger partial charge in [-0.25, -0.2) is 4.79 Å². The lowest BCUT2D eigenvalue weighted by molar-refractivity contribution is -0.144. The van der Waals surface area contributed by atoms with Gasteiger partial charge in [-0.1, -0.05) is 12.1 Å². The van der Waals surface area contributed by atoms with Gasteiger partial charge in [-0.15, -0.1) is 0 Å². The first-order chi connectivity index (χ1) is 11.5. The molecule has 1 aliphatic rings. The highest BCUT2D eigenvalue weighted by Gasteiger charge is 2.20. The van der Waals surface area contributed by atoms with E-state index in [1.165, 1.54) is 13.0 Å². The van der Waals surface area contributed by atoms with Crippen molar-refractivity contribution in [1.82, 2.24) is 4.90 Å². The van der Waals surface area contributed by atoms with Gasteiger partial charge in [0.2, 0.25) is 0 Å². The summed E-state index contributed by atoms with van der Waals surface area (Å²) in [6.07, 6.45) is 0.548. The normalized spacial score (nSPS) is 16.2. The van der Waals surface area contributed by atoms with Gasteiger partial charge in [0, 0.05) is 13.1 Å². The maximum absolute atomic E-state index is 12.3. The summed E-state index contributed by atoms with van der Waals surface area (Å²) in [5.74, 6) is -0.970. The van der Waals surface area contributed by atoms with Crippen LogP contribution in [0.15, 0.2) is 29.8 Å². The number of morpholine rings is 1. The molecule has 1 aromatic rings. The van der Waals surface area contributed by atoms with E-state index in [4.69, 9.17) is 14.6 Å². The lowest BCUT2D eigenvalue weighted by Gasteiger charge is -2.26. The molecular weight excluding hydrogens is 312 g/mol. The molecule has 1 aromatic carbocycles. The second-order valence-corrected chi connectivity index (χ2v) is 5.24. The molecule has 0 bridgehead atoms. The van der Waals surface area contributed by atoms with Crippen molar-refractivity contribution >= 4 is 18.0 Å². The molecule has 1 heterocycles. The van der Waals surface area contributed by atoms with Crippen LogP contribution in [0, 0.1) is 11.3 Å². The summed E-state index contributed by atoms with van der Waals surface area (Å²) in [6.45, 7) is 3.32. The van der Waals surface area contributed by atoms with E-state index in [1.54, 1.807) is 29.2 Å². The average molecular weight is 330 g/mol. The number of nitrogens with zero attached hydrogens (tertiary/aromatic N) is 2. The van der Waals surface area contributed by atoms with Crippen molar-refractivity contribution in [1.29, 1.82) is 5.26 Å². The molecule has 0 spiro atoms. The van der Waals surface area contributed by atoms with Gasteiger partial charge in [-0.3, -0.25) is 4.79 Å². The molecule has 7 heteroatoms. The fourth-order valence-electron chi connectivity index (χ4n) is 2.14. The number of carbonyl (C=O) groups excluding carboxylic acids is 1. The van der Waals surface area contributed by atoms with Gasteiger partial charge in [-0.05, 0) is 30.7 Å². The lowest BCUT2D eigenvalue weighted by Crippen LogP contribution is -2.41. The highest BCUT2D eigenvalue weighted by molar-refractivity contribution is 6.01. The molecule has 1 aliphatic heterocycles. The molecule has 2 rings (SSSR count). The van der Waals surface area contributed by atoms with Crippen LogP contribution in [0.5, 0.6) is 5.75 Å². The molecule has 0 aromatic heterocycles. The van der Waals surface area contributed by atoms with E-state index >= 15 is 0 Å². The fourth-order valence-corrected chi connectivity index (χ4v) is 2.14. The van der Waals surface area contributed by atoms with Crippen LogP contribution < -0.4 is 4.74 Å². The van der Waals surface area contributed by atoms with Gasteiger partial charge in [0.25, 0.3) is 5.91 Å². The van der Waals surface area contributed by atoms with E-state index in [0.717, 1.165) is 0 Å². The number of amides is 1. The van der Waals surface area contributed by atoms with E-state index in [2.05, 4.69) is 0 Å². The predicted molar refractivity (Wildman–Crippen MR) is 85.2 cm³/mol. The standard InChI is InChI=1S/C17H18N2O5/c1-12(17(21)22)24-15-4-2-13(3-5-15)10-14(11-18)16(20)19-6-8-23-9-7-19/h2-5,10,12H,6-9H2,1H3,(H,21,22). The van der Waals surface area contributed by atoms with Crippen molar-refractivity contribution in [2.24, 2.45) is 0 Å². The van der Waals surface area contributed by atoms with Crippen LogP contribution >= 0.6 is 0 Å². The number of carboxylic acid groups (broad SMARTS) is 1. The maximum Gasteiger partial charge on any atom is 0.344 e. The van der Waals surface area contributed by atoms with Crippen molar-refractivity contribution in [3.8, 4) is 11.8 Å². The smallest absolute Gasteiger partial charge is 0.344 e. The Bertz CT molecular complexity index is 669. The largest absolute Gasteiger partial charge is 0.479 e. The second-order valence-electron chi connectivity index (χ2n) is 5.24. The molecule has 1 fully saturated rings. The van der Waals surface area contributed by atoms with Crippen LogP contribution in [0.4, 0.5) is 0 Å². The van der Waals surface area contributed by atoms with Gasteiger partial charge in [0.1, 0.15) is 17.4 Å². The third-order valence-corrected chi connectivity index (χ3v) is 3.50. The fraction of sp³-hybridized carbons (Fsp3) is 0.353. The summed E-state index contributed by atoms with van der Waals surface area (Å²) < 4.78 is 10.4. The summed E-state index contributed by atoms with van der Waals surface area (Å²) in [5, 5.41) is 18.0. The number of hydrogen-bond acceptors (Lipinski definition) is 5. The van der Waals surface area contributed by atoms with Crippen LogP contribution in [0.3, 0.4) is 0 Å². The average Bonchev–Trinajstić information content (AvgIpc) is 2.61. The minimum atomic E-state index is -1.05. The number of hydrogen-bond donors (Lipinski definition) is 1. The lowest BCUT2D eigenvalue weighted by atomic mass is 10.1. The number of nitriles is 1. The van der Waals surface area contributed by atoms with Crippen LogP contribution in [0.2, 0.25) is 0 Å². The summed E-state index contributed by atoms with van der Waals surface area (Å²) >= 11 is 0. The van der Waals surface area contributed by atoms with Gasteiger partial charge < -0.3 is 19.5 Å². The Morgan fingerprint density at radius 1 is 1.33 bits per heavy atom. The Hall–Kier alpha value is -2.85. The Labute approximate surface area is 139 Å². The van der Waals surface area contributed by atoms with E-state index in [9.17, 15) is 14.9 Å². The van der Waals surface area contributed by atoms with Gasteiger partial charge >= 0.3 is 5.97 Å². The number of aliphatic carboxylic acids is 1. The molecule has 0 saturated carbocycles. The molecule has 1 N–H and O–H groups in total. The number of carboxylic acids is 1. The first-order valence-corrected chi connectivity index (χ1v) is 7.49. The first kappa shape index (κ1) is 17.5. The SMILES string of the molecule is CC(Oc1ccc(C=C(C#N)C(=O)N2CCOCC2)cc1)C(=O)O.